The maximum atomic E-state index is 12.9. The highest BCUT2D eigenvalue weighted by Crippen LogP contribution is 2.32. The van der Waals surface area contributed by atoms with Gasteiger partial charge in [-0.15, -0.1) is 0 Å². The molecule has 9 heteroatoms. The lowest BCUT2D eigenvalue weighted by atomic mass is 10.1. The number of benzene rings is 2. The van der Waals surface area contributed by atoms with Crippen LogP contribution in [0.3, 0.4) is 0 Å². The number of rotatable bonds is 4. The molecule has 1 atom stereocenters. The second kappa shape index (κ2) is 9.32. The van der Waals surface area contributed by atoms with Crippen LogP contribution in [-0.2, 0) is 9.59 Å². The Morgan fingerprint density at radius 2 is 1.71 bits per heavy atom. The average Bonchev–Trinajstić information content (AvgIpc) is 2.85. The summed E-state index contributed by atoms with van der Waals surface area (Å²) in [5.74, 6) is 1.36. The number of para-hydroxylation sites is 2. The summed E-state index contributed by atoms with van der Waals surface area (Å²) in [6, 6.07) is 12.3. The minimum Gasteiger partial charge on any atom is -0.485 e. The summed E-state index contributed by atoms with van der Waals surface area (Å²) in [4.78, 5) is 40.9. The minimum atomic E-state index is -0.701. The largest absolute Gasteiger partial charge is 0.485 e. The third-order valence-corrected chi connectivity index (χ3v) is 6.23. The first kappa shape index (κ1) is 22.8. The number of nitrogens with zero attached hydrogens (tertiary/aromatic N) is 2. The lowest BCUT2D eigenvalue weighted by molar-refractivity contribution is -0.146. The maximum Gasteiger partial charge on any atom is 0.336 e. The Kier molecular flexibility index (Phi) is 6.07. The van der Waals surface area contributed by atoms with Crippen LogP contribution in [0.4, 0.5) is 0 Å². The van der Waals surface area contributed by atoms with E-state index in [4.69, 9.17) is 18.6 Å². The number of fused-ring (bicyclic) bond motifs is 2. The first-order chi connectivity index (χ1) is 16.9. The van der Waals surface area contributed by atoms with E-state index in [-0.39, 0.29) is 25.0 Å². The van der Waals surface area contributed by atoms with E-state index < -0.39 is 11.7 Å². The summed E-state index contributed by atoms with van der Waals surface area (Å²) in [5.41, 5.74) is 1.59. The molecule has 2 amide bonds. The molecule has 2 aliphatic heterocycles. The van der Waals surface area contributed by atoms with E-state index >= 15 is 0 Å². The van der Waals surface area contributed by atoms with Crippen molar-refractivity contribution in [3.05, 3.63) is 64.0 Å². The van der Waals surface area contributed by atoms with Crippen LogP contribution < -0.4 is 19.8 Å². The predicted octanol–water partition coefficient (Wildman–Crippen LogP) is 2.30. The number of hydrogen-bond donors (Lipinski definition) is 0. The molecule has 0 N–H and O–H groups in total. The highest BCUT2D eigenvalue weighted by molar-refractivity contribution is 5.88. The molecule has 1 aromatic heterocycles. The number of hydrogen-bond acceptors (Lipinski definition) is 7. The number of piperazine rings is 1. The highest BCUT2D eigenvalue weighted by Gasteiger charge is 2.33. The van der Waals surface area contributed by atoms with Crippen LogP contribution in [0.5, 0.6) is 17.2 Å². The third kappa shape index (κ3) is 4.66. The topological polar surface area (TPSA) is 98.5 Å². The molecule has 3 heterocycles. The average molecular weight is 479 g/mol. The van der Waals surface area contributed by atoms with Gasteiger partial charge in [0, 0.05) is 32.2 Å². The normalized spacial score (nSPS) is 17.4. The molecule has 1 fully saturated rings. The first-order valence-electron chi connectivity index (χ1n) is 11.5. The molecule has 0 saturated carbocycles. The Bertz CT molecular complexity index is 1340. The van der Waals surface area contributed by atoms with Crippen molar-refractivity contribution in [2.24, 2.45) is 0 Å². The molecule has 5 rings (SSSR count). The second-order valence-electron chi connectivity index (χ2n) is 8.74. The second-order valence-corrected chi connectivity index (χ2v) is 8.74. The fraction of sp³-hybridized carbons (Fsp3) is 0.346. The Morgan fingerprint density at radius 1 is 1.00 bits per heavy atom. The maximum absolute atomic E-state index is 12.9. The molecule has 35 heavy (non-hydrogen) atoms. The van der Waals surface area contributed by atoms with Gasteiger partial charge in [0.15, 0.2) is 18.1 Å². The molecule has 182 valence electrons. The molecule has 0 spiro atoms. The van der Waals surface area contributed by atoms with E-state index in [0.717, 1.165) is 11.1 Å². The van der Waals surface area contributed by atoms with Gasteiger partial charge < -0.3 is 28.4 Å². The molecular formula is C26H26N2O7. The molecule has 1 saturated heterocycles. The van der Waals surface area contributed by atoms with Gasteiger partial charge in [0.05, 0.1) is 5.39 Å². The van der Waals surface area contributed by atoms with E-state index in [1.54, 1.807) is 34.9 Å². The van der Waals surface area contributed by atoms with E-state index in [0.29, 0.717) is 54.4 Å². The smallest absolute Gasteiger partial charge is 0.336 e. The molecule has 0 aliphatic carbocycles. The number of aryl methyl sites for hydroxylation is 2. The summed E-state index contributed by atoms with van der Waals surface area (Å²) < 4.78 is 22.7. The van der Waals surface area contributed by atoms with Crippen LogP contribution in [0.2, 0.25) is 0 Å². The van der Waals surface area contributed by atoms with Gasteiger partial charge in [0.2, 0.25) is 6.10 Å². The van der Waals surface area contributed by atoms with Gasteiger partial charge in [-0.2, -0.15) is 0 Å². The van der Waals surface area contributed by atoms with Crippen LogP contribution in [-0.4, -0.2) is 67.1 Å². The molecule has 2 aliphatic rings. The van der Waals surface area contributed by atoms with Gasteiger partial charge in [-0.3, -0.25) is 9.59 Å². The van der Waals surface area contributed by atoms with Gasteiger partial charge in [-0.25, -0.2) is 4.79 Å². The van der Waals surface area contributed by atoms with E-state index in [1.165, 1.54) is 6.07 Å². The number of carbonyl (C=O) groups excluding carboxylic acids is 2. The van der Waals surface area contributed by atoms with E-state index in [1.807, 2.05) is 25.1 Å². The highest BCUT2D eigenvalue weighted by atomic mass is 16.6. The van der Waals surface area contributed by atoms with Crippen molar-refractivity contribution in [3.8, 4) is 17.2 Å². The zero-order valence-corrected chi connectivity index (χ0v) is 19.6. The summed E-state index contributed by atoms with van der Waals surface area (Å²) >= 11 is 0. The van der Waals surface area contributed by atoms with E-state index in [9.17, 15) is 14.4 Å². The Labute approximate surface area is 201 Å². The Balaban J connectivity index is 1.18. The molecule has 3 aromatic rings. The molecule has 9 nitrogen and oxygen atoms in total. The van der Waals surface area contributed by atoms with Crippen LogP contribution in [0, 0.1) is 13.8 Å². The zero-order valence-electron chi connectivity index (χ0n) is 19.6. The van der Waals surface area contributed by atoms with Crippen molar-refractivity contribution in [3.63, 3.8) is 0 Å². The lowest BCUT2D eigenvalue weighted by Gasteiger charge is -2.37. The summed E-state index contributed by atoms with van der Waals surface area (Å²) in [6.07, 6.45) is -0.701. The number of carbonyl (C=O) groups is 2. The molecule has 0 bridgehead atoms. The summed E-state index contributed by atoms with van der Waals surface area (Å²) in [7, 11) is 0. The van der Waals surface area contributed by atoms with Gasteiger partial charge in [-0.05, 0) is 49.2 Å². The van der Waals surface area contributed by atoms with Crippen molar-refractivity contribution in [1.82, 2.24) is 9.80 Å². The molecule has 0 radical (unpaired) electrons. The monoisotopic (exact) mass is 478 g/mol. The Morgan fingerprint density at radius 3 is 2.49 bits per heavy atom. The van der Waals surface area contributed by atoms with Gasteiger partial charge in [0.25, 0.3) is 11.8 Å². The number of amides is 2. The first-order valence-corrected chi connectivity index (χ1v) is 11.5. The van der Waals surface area contributed by atoms with Crippen molar-refractivity contribution >= 4 is 22.8 Å². The molecule has 2 aromatic carbocycles. The SMILES string of the molecule is Cc1cc(OCC(=O)N2CCN(C(=O)C3COc4ccccc4O3)CC2)c2c(C)cc(=O)oc2c1. The van der Waals surface area contributed by atoms with Crippen LogP contribution >= 0.6 is 0 Å². The van der Waals surface area contributed by atoms with Crippen molar-refractivity contribution in [2.75, 3.05) is 39.4 Å². The fourth-order valence-electron chi connectivity index (χ4n) is 4.44. The zero-order chi connectivity index (χ0) is 24.5. The molecule has 1 unspecified atom stereocenters. The van der Waals surface area contributed by atoms with Crippen molar-refractivity contribution in [1.29, 1.82) is 0 Å². The predicted molar refractivity (Wildman–Crippen MR) is 127 cm³/mol. The standard InChI is InChI=1S/C26H26N2O7/c1-16-11-20(25-17(2)13-24(30)35-21(25)12-16)33-15-23(29)27-7-9-28(10-8-27)26(31)22-14-32-18-5-3-4-6-19(18)34-22/h3-6,11-13,22H,7-10,14-15H2,1-2H3. The van der Waals surface area contributed by atoms with E-state index in [2.05, 4.69) is 0 Å². The van der Waals surface area contributed by atoms with Crippen LogP contribution in [0.25, 0.3) is 11.0 Å². The van der Waals surface area contributed by atoms with Crippen LogP contribution in [0.15, 0.2) is 51.7 Å². The lowest BCUT2D eigenvalue weighted by Crippen LogP contribution is -2.55. The minimum absolute atomic E-state index is 0.147. The van der Waals surface area contributed by atoms with Gasteiger partial charge in [0.1, 0.15) is 17.9 Å². The number of ether oxygens (including phenoxy) is 3. The van der Waals surface area contributed by atoms with Gasteiger partial charge >= 0.3 is 5.63 Å². The molecular weight excluding hydrogens is 452 g/mol. The van der Waals surface area contributed by atoms with Crippen molar-refractivity contribution < 1.29 is 28.2 Å². The van der Waals surface area contributed by atoms with Crippen LogP contribution in [0.1, 0.15) is 11.1 Å². The third-order valence-electron chi connectivity index (χ3n) is 6.23. The summed E-state index contributed by atoms with van der Waals surface area (Å²) in [5, 5.41) is 0.676. The Hall–Kier alpha value is -4.01. The van der Waals surface area contributed by atoms with Gasteiger partial charge in [-0.1, -0.05) is 12.1 Å². The van der Waals surface area contributed by atoms with Crippen molar-refractivity contribution in [2.45, 2.75) is 20.0 Å². The summed E-state index contributed by atoms with van der Waals surface area (Å²) in [6.45, 7) is 5.30. The quantitative estimate of drug-likeness (QED) is 0.531. The fourth-order valence-corrected chi connectivity index (χ4v) is 4.44.